The van der Waals surface area contributed by atoms with E-state index in [1.54, 1.807) is 4.90 Å². The standard InChI is InChI=1S/C9H16N2O2/c1-9(2,3)8(13)11-5-4-10-7(12)6-11/h4-6H2,1-3H3,(H,10,12). The minimum Gasteiger partial charge on any atom is -0.353 e. The number of nitrogens with zero attached hydrogens (tertiary/aromatic N) is 1. The summed E-state index contributed by atoms with van der Waals surface area (Å²) in [6.07, 6.45) is 0. The van der Waals surface area contributed by atoms with E-state index in [-0.39, 0.29) is 18.4 Å². The van der Waals surface area contributed by atoms with Crippen LogP contribution in [0, 0.1) is 5.41 Å². The van der Waals surface area contributed by atoms with Crippen molar-refractivity contribution in [1.82, 2.24) is 10.2 Å². The predicted octanol–water partition coefficient (Wildman–Crippen LogP) is -0.00910. The summed E-state index contributed by atoms with van der Waals surface area (Å²) in [5, 5.41) is 2.69. The number of rotatable bonds is 0. The van der Waals surface area contributed by atoms with Crippen molar-refractivity contribution in [2.45, 2.75) is 20.8 Å². The molecule has 0 spiro atoms. The van der Waals surface area contributed by atoms with Crippen LogP contribution >= 0.6 is 0 Å². The summed E-state index contributed by atoms with van der Waals surface area (Å²) in [5.41, 5.74) is -0.391. The topological polar surface area (TPSA) is 49.4 Å². The molecule has 1 aliphatic heterocycles. The molecule has 74 valence electrons. The van der Waals surface area contributed by atoms with E-state index in [0.29, 0.717) is 13.1 Å². The van der Waals surface area contributed by atoms with Gasteiger partial charge >= 0.3 is 0 Å². The molecule has 0 radical (unpaired) electrons. The monoisotopic (exact) mass is 184 g/mol. The van der Waals surface area contributed by atoms with Crippen LogP contribution in [0.3, 0.4) is 0 Å². The van der Waals surface area contributed by atoms with Crippen molar-refractivity contribution < 1.29 is 9.59 Å². The average molecular weight is 184 g/mol. The van der Waals surface area contributed by atoms with E-state index in [1.807, 2.05) is 20.8 Å². The summed E-state index contributed by atoms with van der Waals surface area (Å²) in [6.45, 7) is 6.99. The van der Waals surface area contributed by atoms with E-state index >= 15 is 0 Å². The smallest absolute Gasteiger partial charge is 0.239 e. The Hall–Kier alpha value is -1.06. The van der Waals surface area contributed by atoms with Crippen LogP contribution in [0.15, 0.2) is 0 Å². The Morgan fingerprint density at radius 1 is 1.46 bits per heavy atom. The van der Waals surface area contributed by atoms with E-state index in [4.69, 9.17) is 0 Å². The molecule has 0 bridgehead atoms. The van der Waals surface area contributed by atoms with Gasteiger partial charge in [0.25, 0.3) is 0 Å². The molecule has 1 heterocycles. The largest absolute Gasteiger partial charge is 0.353 e. The van der Waals surface area contributed by atoms with Crippen molar-refractivity contribution in [2.24, 2.45) is 5.41 Å². The molecular weight excluding hydrogens is 168 g/mol. The van der Waals surface area contributed by atoms with Crippen LogP contribution < -0.4 is 5.32 Å². The highest BCUT2D eigenvalue weighted by molar-refractivity contribution is 5.88. The number of piperazine rings is 1. The van der Waals surface area contributed by atoms with Gasteiger partial charge in [0.2, 0.25) is 11.8 Å². The Balaban J connectivity index is 2.62. The van der Waals surface area contributed by atoms with E-state index in [1.165, 1.54) is 0 Å². The van der Waals surface area contributed by atoms with Crippen LogP contribution in [0.1, 0.15) is 20.8 Å². The number of nitrogens with one attached hydrogen (secondary N) is 1. The first kappa shape index (κ1) is 10.0. The molecule has 1 N–H and O–H groups in total. The van der Waals surface area contributed by atoms with Crippen LogP contribution in [0.25, 0.3) is 0 Å². The van der Waals surface area contributed by atoms with Crippen LogP contribution in [-0.4, -0.2) is 36.3 Å². The lowest BCUT2D eigenvalue weighted by atomic mass is 9.94. The lowest BCUT2D eigenvalue weighted by Crippen LogP contribution is -2.52. The van der Waals surface area contributed by atoms with Gasteiger partial charge in [0.05, 0.1) is 6.54 Å². The first-order chi connectivity index (χ1) is 5.91. The maximum Gasteiger partial charge on any atom is 0.239 e. The zero-order valence-corrected chi connectivity index (χ0v) is 8.39. The minimum atomic E-state index is -0.391. The molecular formula is C9H16N2O2. The molecule has 2 amide bonds. The molecule has 0 atom stereocenters. The van der Waals surface area contributed by atoms with E-state index in [9.17, 15) is 9.59 Å². The Morgan fingerprint density at radius 2 is 2.08 bits per heavy atom. The van der Waals surface area contributed by atoms with E-state index in [2.05, 4.69) is 5.32 Å². The molecule has 0 saturated carbocycles. The van der Waals surface area contributed by atoms with Crippen LogP contribution in [0.5, 0.6) is 0 Å². The fraction of sp³-hybridized carbons (Fsp3) is 0.778. The zero-order chi connectivity index (χ0) is 10.1. The van der Waals surface area contributed by atoms with Gasteiger partial charge in [-0.2, -0.15) is 0 Å². The summed E-state index contributed by atoms with van der Waals surface area (Å²) in [4.78, 5) is 24.3. The predicted molar refractivity (Wildman–Crippen MR) is 49.0 cm³/mol. The summed E-state index contributed by atoms with van der Waals surface area (Å²) in [6, 6.07) is 0. The fourth-order valence-corrected chi connectivity index (χ4v) is 1.29. The van der Waals surface area contributed by atoms with Crippen molar-refractivity contribution in [3.63, 3.8) is 0 Å². The van der Waals surface area contributed by atoms with Crippen LogP contribution in [0.4, 0.5) is 0 Å². The van der Waals surface area contributed by atoms with Gasteiger partial charge in [-0.1, -0.05) is 20.8 Å². The van der Waals surface area contributed by atoms with Crippen LogP contribution in [-0.2, 0) is 9.59 Å². The molecule has 1 saturated heterocycles. The Morgan fingerprint density at radius 3 is 2.54 bits per heavy atom. The van der Waals surface area contributed by atoms with Gasteiger partial charge in [-0.05, 0) is 0 Å². The summed E-state index contributed by atoms with van der Waals surface area (Å²) in [5.74, 6) is -0.0220. The van der Waals surface area contributed by atoms with Crippen molar-refractivity contribution in [2.75, 3.05) is 19.6 Å². The second kappa shape index (κ2) is 3.36. The molecule has 1 rings (SSSR count). The Kier molecular flexibility index (Phi) is 2.59. The van der Waals surface area contributed by atoms with Crippen molar-refractivity contribution in [3.8, 4) is 0 Å². The molecule has 0 aliphatic carbocycles. The van der Waals surface area contributed by atoms with Gasteiger partial charge in [0.1, 0.15) is 0 Å². The maximum absolute atomic E-state index is 11.7. The Bertz CT molecular complexity index is 230. The normalized spacial score (nSPS) is 18.4. The van der Waals surface area contributed by atoms with Gasteiger partial charge in [0, 0.05) is 18.5 Å². The molecule has 0 aromatic rings. The van der Waals surface area contributed by atoms with Gasteiger partial charge in [-0.25, -0.2) is 0 Å². The highest BCUT2D eigenvalue weighted by Gasteiger charge is 2.29. The third-order valence-corrected chi connectivity index (χ3v) is 1.97. The zero-order valence-electron chi connectivity index (χ0n) is 8.39. The number of hydrogen-bond donors (Lipinski definition) is 1. The van der Waals surface area contributed by atoms with Gasteiger partial charge in [-0.15, -0.1) is 0 Å². The lowest BCUT2D eigenvalue weighted by Gasteiger charge is -2.31. The SMILES string of the molecule is CC(C)(C)C(=O)N1CCNC(=O)C1. The average Bonchev–Trinajstić information content (AvgIpc) is 2.01. The fourth-order valence-electron chi connectivity index (χ4n) is 1.29. The molecule has 4 heteroatoms. The highest BCUT2D eigenvalue weighted by Crippen LogP contribution is 2.17. The summed E-state index contributed by atoms with van der Waals surface area (Å²) in [7, 11) is 0. The van der Waals surface area contributed by atoms with Crippen LogP contribution in [0.2, 0.25) is 0 Å². The van der Waals surface area contributed by atoms with Gasteiger partial charge < -0.3 is 10.2 Å². The molecule has 13 heavy (non-hydrogen) atoms. The minimum absolute atomic E-state index is 0.0438. The quantitative estimate of drug-likeness (QED) is 0.575. The molecule has 0 unspecified atom stereocenters. The first-order valence-electron chi connectivity index (χ1n) is 4.47. The van der Waals surface area contributed by atoms with Crippen molar-refractivity contribution >= 4 is 11.8 Å². The van der Waals surface area contributed by atoms with Crippen molar-refractivity contribution in [1.29, 1.82) is 0 Å². The number of carbonyl (C=O) groups excluding carboxylic acids is 2. The maximum atomic E-state index is 11.7. The molecule has 0 aromatic heterocycles. The molecule has 0 aromatic carbocycles. The first-order valence-corrected chi connectivity index (χ1v) is 4.47. The van der Waals surface area contributed by atoms with E-state index < -0.39 is 5.41 Å². The molecule has 1 aliphatic rings. The van der Waals surface area contributed by atoms with Gasteiger partial charge in [-0.3, -0.25) is 9.59 Å². The molecule has 1 fully saturated rings. The lowest BCUT2D eigenvalue weighted by molar-refractivity contribution is -0.144. The third kappa shape index (κ3) is 2.44. The highest BCUT2D eigenvalue weighted by atomic mass is 16.2. The van der Waals surface area contributed by atoms with Gasteiger partial charge in [0.15, 0.2) is 0 Å². The second-order valence-corrected chi connectivity index (χ2v) is 4.33. The van der Waals surface area contributed by atoms with Crippen molar-refractivity contribution in [3.05, 3.63) is 0 Å². The second-order valence-electron chi connectivity index (χ2n) is 4.33. The number of amides is 2. The number of carbonyl (C=O) groups is 2. The summed E-state index contributed by atoms with van der Waals surface area (Å²) >= 11 is 0. The Labute approximate surface area is 78.3 Å². The number of hydrogen-bond acceptors (Lipinski definition) is 2. The van der Waals surface area contributed by atoms with E-state index in [0.717, 1.165) is 0 Å². The summed E-state index contributed by atoms with van der Waals surface area (Å²) < 4.78 is 0. The third-order valence-electron chi connectivity index (χ3n) is 1.97. The molecule has 4 nitrogen and oxygen atoms in total.